The van der Waals surface area contributed by atoms with Crippen LogP contribution in [-0.2, 0) is 0 Å². The van der Waals surface area contributed by atoms with Crippen LogP contribution in [0.5, 0.6) is 0 Å². The van der Waals surface area contributed by atoms with Gasteiger partial charge in [-0.15, -0.1) is 0 Å². The fourth-order valence-electron chi connectivity index (χ4n) is 7.25. The molecule has 272 valence electrons. The Morgan fingerprint density at radius 1 is 0.448 bits per heavy atom. The minimum Gasteiger partial charge on any atom is -0.455 e. The number of furan rings is 1. The molecule has 0 saturated carbocycles. The van der Waals surface area contributed by atoms with Crippen LogP contribution in [0.3, 0.4) is 0 Å². The van der Waals surface area contributed by atoms with Gasteiger partial charge in [0.1, 0.15) is 16.9 Å². The Hall–Kier alpha value is -7.82. The van der Waals surface area contributed by atoms with E-state index in [0.717, 1.165) is 16.7 Å². The van der Waals surface area contributed by atoms with Gasteiger partial charge in [-0.25, -0.2) is 9.97 Å². The van der Waals surface area contributed by atoms with Crippen LogP contribution in [0.1, 0.15) is 21.9 Å². The topological polar surface area (TPSA) is 42.2 Å². The van der Waals surface area contributed by atoms with Crippen molar-refractivity contribution >= 4 is 60.8 Å². The number of anilines is 3. The third kappa shape index (κ3) is 5.87. The molecule has 0 unspecified atom stereocenters. The number of benzene rings is 9. The van der Waals surface area contributed by atoms with Crippen molar-refractivity contribution in [2.75, 3.05) is 4.90 Å². The Bertz CT molecular complexity index is 4110. The normalized spacial score (nSPS) is 15.3. The molecule has 0 aliphatic heterocycles. The highest BCUT2D eigenvalue weighted by Crippen LogP contribution is 2.45. The maximum atomic E-state index is 9.82. The summed E-state index contributed by atoms with van der Waals surface area (Å²) in [6, 6.07) is 22.5. The van der Waals surface area contributed by atoms with Crippen LogP contribution in [0.2, 0.25) is 0 Å². The molecule has 2 aromatic heterocycles. The highest BCUT2D eigenvalue weighted by molar-refractivity contribution is 6.17. The van der Waals surface area contributed by atoms with E-state index in [9.17, 15) is 8.22 Å². The highest BCUT2D eigenvalue weighted by atomic mass is 16.3. The van der Waals surface area contributed by atoms with Crippen molar-refractivity contribution in [3.05, 3.63) is 212 Å². The second-order valence-electron chi connectivity index (χ2n) is 13.3. The second-order valence-corrected chi connectivity index (χ2v) is 13.3. The van der Waals surface area contributed by atoms with Crippen molar-refractivity contribution in [3.63, 3.8) is 0 Å². The van der Waals surface area contributed by atoms with Crippen LogP contribution in [0.4, 0.5) is 17.1 Å². The molecular weight excluding hydrogens is 707 g/mol. The van der Waals surface area contributed by atoms with E-state index >= 15 is 0 Å². The SMILES string of the molecule is [2H]c1c([2H])c([2H])c(N(c2c([2H])c([2H])c([2H])c([2H])c2[2H])c2c([2H])c([2H])c3c([2H])c(-c4ccc(-c5nc6ccccc6nc5-c5cccc(-c6ccccc6)c5)c5oc6ccccc6c45)c([2H])c([2H])c3c2[2H])c([2H])c1[2H]. The molecule has 0 saturated heterocycles. The monoisotopic (exact) mass is 757 g/mol. The molecule has 58 heavy (non-hydrogen) atoms. The molecule has 0 aliphatic carbocycles. The van der Waals surface area contributed by atoms with Crippen molar-refractivity contribution in [2.45, 2.75) is 0 Å². The first-order valence-corrected chi connectivity index (χ1v) is 18.3. The lowest BCUT2D eigenvalue weighted by Gasteiger charge is -2.25. The molecule has 4 nitrogen and oxygen atoms in total. The second kappa shape index (κ2) is 14.0. The zero-order valence-corrected chi connectivity index (χ0v) is 30.2. The van der Waals surface area contributed by atoms with Crippen LogP contribution in [0, 0.1) is 0 Å². The van der Waals surface area contributed by atoms with Gasteiger partial charge >= 0.3 is 0 Å². The van der Waals surface area contributed by atoms with E-state index in [1.165, 1.54) is 0 Å². The largest absolute Gasteiger partial charge is 0.455 e. The molecule has 11 aromatic rings. The molecule has 0 amide bonds. The van der Waals surface area contributed by atoms with Crippen molar-refractivity contribution in [1.82, 2.24) is 9.97 Å². The maximum Gasteiger partial charge on any atom is 0.145 e. The van der Waals surface area contributed by atoms with E-state index in [2.05, 4.69) is 0 Å². The van der Waals surface area contributed by atoms with Gasteiger partial charge in [-0.3, -0.25) is 0 Å². The molecule has 2 heterocycles. The summed E-state index contributed by atoms with van der Waals surface area (Å²) >= 11 is 0. The van der Waals surface area contributed by atoms with E-state index in [1.807, 2.05) is 78.9 Å². The number of rotatable bonds is 7. The van der Waals surface area contributed by atoms with Crippen molar-refractivity contribution in [3.8, 4) is 44.8 Å². The fourth-order valence-corrected chi connectivity index (χ4v) is 7.25. The van der Waals surface area contributed by atoms with Gasteiger partial charge in [0.25, 0.3) is 0 Å². The molecule has 0 spiro atoms. The Balaban J connectivity index is 1.19. The molecule has 4 heteroatoms. The number of hydrogen-bond donors (Lipinski definition) is 0. The molecule has 0 atom stereocenters. The van der Waals surface area contributed by atoms with Gasteiger partial charge in [0.2, 0.25) is 0 Å². The van der Waals surface area contributed by atoms with Crippen molar-refractivity contribution in [2.24, 2.45) is 0 Å². The minimum absolute atomic E-state index is 0.154. The van der Waals surface area contributed by atoms with E-state index in [4.69, 9.17) is 28.1 Å². The Morgan fingerprint density at radius 2 is 1.07 bits per heavy atom. The van der Waals surface area contributed by atoms with Gasteiger partial charge < -0.3 is 9.32 Å². The predicted octanol–water partition coefficient (Wildman–Crippen LogP) is 14.8. The summed E-state index contributed by atoms with van der Waals surface area (Å²) in [4.78, 5) is 10.9. The first-order chi connectivity index (χ1) is 35.4. The average molecular weight is 758 g/mol. The quantitative estimate of drug-likeness (QED) is 0.162. The first kappa shape index (κ1) is 20.9. The zero-order valence-electron chi connectivity index (χ0n) is 46.2. The predicted molar refractivity (Wildman–Crippen MR) is 241 cm³/mol. The Labute approximate surface area is 358 Å². The third-order valence-corrected chi connectivity index (χ3v) is 9.87. The summed E-state index contributed by atoms with van der Waals surface area (Å²) in [6.45, 7) is 0. The van der Waals surface area contributed by atoms with E-state index in [0.29, 0.717) is 54.8 Å². The van der Waals surface area contributed by atoms with Crippen LogP contribution in [-0.4, -0.2) is 9.97 Å². The van der Waals surface area contributed by atoms with E-state index < -0.39 is 125 Å². The van der Waals surface area contributed by atoms with Crippen LogP contribution in [0.25, 0.3) is 88.5 Å². The number of para-hydroxylation sites is 5. The van der Waals surface area contributed by atoms with Crippen LogP contribution >= 0.6 is 0 Å². The highest BCUT2D eigenvalue weighted by Gasteiger charge is 2.22. The smallest absolute Gasteiger partial charge is 0.145 e. The first-order valence-electron chi connectivity index (χ1n) is 26.3. The summed E-state index contributed by atoms with van der Waals surface area (Å²) in [6.07, 6.45) is 0. The van der Waals surface area contributed by atoms with Crippen LogP contribution < -0.4 is 4.90 Å². The van der Waals surface area contributed by atoms with Gasteiger partial charge in [-0.1, -0.05) is 139 Å². The van der Waals surface area contributed by atoms with E-state index in [1.54, 1.807) is 36.4 Å². The van der Waals surface area contributed by atoms with Gasteiger partial charge in [0, 0.05) is 39.0 Å². The van der Waals surface area contributed by atoms with Gasteiger partial charge in [0.05, 0.1) is 38.7 Å². The average Bonchev–Trinajstić information content (AvgIpc) is 3.83. The molecule has 0 N–H and O–H groups in total. The zero-order chi connectivity index (χ0) is 52.3. The van der Waals surface area contributed by atoms with Crippen molar-refractivity contribution in [1.29, 1.82) is 0 Å². The van der Waals surface area contributed by atoms with E-state index in [-0.39, 0.29) is 11.1 Å². The Kier molecular flexibility index (Phi) is 5.06. The van der Waals surface area contributed by atoms with Gasteiger partial charge in [-0.2, -0.15) is 0 Å². The lowest BCUT2D eigenvalue weighted by Crippen LogP contribution is -2.09. The van der Waals surface area contributed by atoms with Crippen molar-refractivity contribution < 1.29 is 26.3 Å². The number of hydrogen-bond acceptors (Lipinski definition) is 4. The fraction of sp³-hybridized carbons (Fsp3) is 0. The molecule has 0 fully saturated rings. The van der Waals surface area contributed by atoms with Crippen LogP contribution in [0.15, 0.2) is 216 Å². The molecule has 0 aliphatic rings. The van der Waals surface area contributed by atoms with Gasteiger partial charge in [-0.05, 0) is 106 Å². The van der Waals surface area contributed by atoms with Gasteiger partial charge in [0.15, 0.2) is 0 Å². The number of aromatic nitrogens is 2. The molecule has 9 aromatic carbocycles. The summed E-state index contributed by atoms with van der Waals surface area (Å²) in [5.41, 5.74) is 3.88. The third-order valence-electron chi connectivity index (χ3n) is 9.87. The molecule has 0 radical (unpaired) electrons. The molecular formula is C54H35N3O. The number of fused-ring (bicyclic) bond motifs is 5. The lowest BCUT2D eigenvalue weighted by atomic mass is 9.93. The standard InChI is InChI=1S/C54H35N3O/c1-4-15-36(16-5-1)37-17-14-18-41(34-37)52-53(56-49-25-12-11-24-48(49)55-52)47-32-31-45(51-46-23-10-13-26-50(46)58-54(47)51)40-28-27-39-35-44(30-29-38(39)33-40)57(42-19-6-2-7-20-42)43-21-8-3-9-22-43/h1-35H/i2D,3D,6D,7D,8D,9D,19D,20D,21D,22D,27D,28D,29D,30D,33D,35D. The summed E-state index contributed by atoms with van der Waals surface area (Å²) in [7, 11) is 0. The Morgan fingerprint density at radius 3 is 1.84 bits per heavy atom. The minimum atomic E-state index is -0.931. The molecule has 0 bridgehead atoms. The maximum absolute atomic E-state index is 9.82. The summed E-state index contributed by atoms with van der Waals surface area (Å²) < 4.78 is 150. The molecule has 11 rings (SSSR count). The summed E-state index contributed by atoms with van der Waals surface area (Å²) in [5, 5.41) is 0.0468. The lowest BCUT2D eigenvalue weighted by molar-refractivity contribution is 0.670. The summed E-state index contributed by atoms with van der Waals surface area (Å²) in [5.74, 6) is 0. The number of nitrogens with zero attached hydrogens (tertiary/aromatic N) is 3.